The Morgan fingerprint density at radius 3 is 2.51 bits per heavy atom. The molecule has 4 amide bonds. The number of carbonyl (C=O) groups is 4. The van der Waals surface area contributed by atoms with Gasteiger partial charge in [0.05, 0.1) is 12.2 Å². The molecule has 2 saturated heterocycles. The maximum atomic E-state index is 13.0. The molecule has 0 bridgehead atoms. The van der Waals surface area contributed by atoms with E-state index in [1.807, 2.05) is 50.1 Å². The van der Waals surface area contributed by atoms with E-state index < -0.39 is 17.6 Å². The van der Waals surface area contributed by atoms with Gasteiger partial charge in [0, 0.05) is 48.8 Å². The zero-order chi connectivity index (χ0) is 27.5. The van der Waals surface area contributed by atoms with E-state index in [2.05, 4.69) is 21.3 Å². The number of hydrogen-bond acceptors (Lipinski definition) is 6. The first-order valence-electron chi connectivity index (χ1n) is 13.8. The zero-order valence-corrected chi connectivity index (χ0v) is 22.7. The quantitative estimate of drug-likeness (QED) is 0.603. The second-order valence-corrected chi connectivity index (χ2v) is 12.5. The molecule has 1 saturated carbocycles. The second-order valence-electron chi connectivity index (χ2n) is 12.5. The van der Waals surface area contributed by atoms with Crippen LogP contribution in [0.25, 0.3) is 11.1 Å². The first-order chi connectivity index (χ1) is 18.5. The molecular weight excluding hydrogens is 498 g/mol. The summed E-state index contributed by atoms with van der Waals surface area (Å²) in [5.74, 6) is -0.856. The molecule has 4 heterocycles. The number of fused-ring (bicyclic) bond motifs is 1. The Hall–Kier alpha value is -3.69. The summed E-state index contributed by atoms with van der Waals surface area (Å²) in [5, 5.41) is 7.02. The fourth-order valence-electron chi connectivity index (χ4n) is 6.46. The smallest absolute Gasteiger partial charge is 0.410 e. The van der Waals surface area contributed by atoms with Crippen molar-refractivity contribution in [2.24, 2.45) is 5.41 Å². The van der Waals surface area contributed by atoms with E-state index in [0.29, 0.717) is 24.6 Å². The Balaban J connectivity index is 1.07. The lowest BCUT2D eigenvalue weighted by molar-refractivity contribution is -0.136. The van der Waals surface area contributed by atoms with Gasteiger partial charge in [-0.05, 0) is 76.1 Å². The number of benzene rings is 1. The van der Waals surface area contributed by atoms with Gasteiger partial charge in [0.1, 0.15) is 11.6 Å². The Bertz CT molecular complexity index is 1340. The summed E-state index contributed by atoms with van der Waals surface area (Å²) in [4.78, 5) is 52.6. The molecule has 6 rings (SSSR count). The van der Waals surface area contributed by atoms with Gasteiger partial charge < -0.3 is 14.5 Å². The van der Waals surface area contributed by atoms with Crippen molar-refractivity contribution >= 4 is 23.8 Å². The minimum Gasteiger partial charge on any atom is -0.444 e. The number of carbonyl (C=O) groups excluding carboxylic acids is 4. The summed E-state index contributed by atoms with van der Waals surface area (Å²) >= 11 is 0. The highest BCUT2D eigenvalue weighted by Gasteiger charge is 2.48. The topological polar surface area (TPSA) is 114 Å². The highest BCUT2D eigenvalue weighted by molar-refractivity contribution is 6.05. The maximum Gasteiger partial charge on any atom is 0.410 e. The molecule has 39 heavy (non-hydrogen) atoms. The third-order valence-electron chi connectivity index (χ3n) is 8.55. The lowest BCUT2D eigenvalue weighted by Crippen LogP contribution is -2.60. The highest BCUT2D eigenvalue weighted by atomic mass is 16.6. The van der Waals surface area contributed by atoms with Gasteiger partial charge in [-0.25, -0.2) is 4.79 Å². The van der Waals surface area contributed by atoms with Gasteiger partial charge in [0.15, 0.2) is 0 Å². The number of piperidine rings is 1. The van der Waals surface area contributed by atoms with Crippen LogP contribution in [-0.2, 0) is 20.9 Å². The summed E-state index contributed by atoms with van der Waals surface area (Å²) in [7, 11) is 0. The first kappa shape index (κ1) is 25.6. The lowest BCUT2D eigenvalue weighted by atomic mass is 9.67. The second kappa shape index (κ2) is 9.20. The van der Waals surface area contributed by atoms with Gasteiger partial charge >= 0.3 is 6.09 Å². The van der Waals surface area contributed by atoms with E-state index >= 15 is 0 Å². The summed E-state index contributed by atoms with van der Waals surface area (Å²) in [6, 6.07) is 5.47. The number of ether oxygens (including phenoxy) is 1. The van der Waals surface area contributed by atoms with Crippen LogP contribution in [0.2, 0.25) is 0 Å². The molecule has 3 fully saturated rings. The van der Waals surface area contributed by atoms with E-state index in [1.54, 1.807) is 4.90 Å². The van der Waals surface area contributed by atoms with Crippen LogP contribution in [0.1, 0.15) is 81.3 Å². The summed E-state index contributed by atoms with van der Waals surface area (Å²) in [5.41, 5.74) is 3.19. The molecule has 3 aliphatic heterocycles. The zero-order valence-electron chi connectivity index (χ0n) is 22.7. The SMILES string of the molecule is CC(C)(C)OC(=O)N1CC2(CCC(n3cc(-c4ccc5c(c4)CN(C4CCC(=O)NC4=O)C5=O)cn3)CC2)C1. The standard InChI is InChI=1S/C29H35N5O5/c1-28(2,3)39-27(38)32-16-29(17-32)10-8-21(9-11-29)34-15-20(13-30-34)18-4-5-22-19(12-18)14-33(26(22)37)23-6-7-24(35)31-25(23)36/h4-5,12-13,15,21,23H,6-11,14,16-17H2,1-3H3,(H,31,35,36). The van der Waals surface area contributed by atoms with Crippen LogP contribution in [-0.4, -0.2) is 68.1 Å². The van der Waals surface area contributed by atoms with Crippen LogP contribution < -0.4 is 5.32 Å². The van der Waals surface area contributed by atoms with Gasteiger partial charge in [-0.15, -0.1) is 0 Å². The van der Waals surface area contributed by atoms with Crippen molar-refractivity contribution in [2.45, 2.75) is 83.5 Å². The van der Waals surface area contributed by atoms with Gasteiger partial charge in [0.2, 0.25) is 11.8 Å². The largest absolute Gasteiger partial charge is 0.444 e. The fraction of sp³-hybridized carbons (Fsp3) is 0.552. The van der Waals surface area contributed by atoms with Gasteiger partial charge in [0.25, 0.3) is 5.91 Å². The highest BCUT2D eigenvalue weighted by Crippen LogP contribution is 2.47. The maximum absolute atomic E-state index is 13.0. The number of rotatable bonds is 3. The molecule has 1 aliphatic carbocycles. The molecule has 10 nitrogen and oxygen atoms in total. The number of aromatic nitrogens is 2. The molecular formula is C29H35N5O5. The number of nitrogens with zero attached hydrogens (tertiary/aromatic N) is 4. The van der Waals surface area contributed by atoms with Crippen molar-refractivity contribution < 1.29 is 23.9 Å². The molecule has 0 radical (unpaired) electrons. The summed E-state index contributed by atoms with van der Waals surface area (Å²) in [6.45, 7) is 7.56. The molecule has 1 aromatic carbocycles. The molecule has 1 N–H and O–H groups in total. The molecule has 4 aliphatic rings. The number of imide groups is 1. The lowest BCUT2D eigenvalue weighted by Gasteiger charge is -2.53. The summed E-state index contributed by atoms with van der Waals surface area (Å²) in [6.07, 6.45) is 8.47. The average molecular weight is 534 g/mol. The monoisotopic (exact) mass is 533 g/mol. The van der Waals surface area contributed by atoms with Crippen LogP contribution in [0.4, 0.5) is 4.79 Å². The van der Waals surface area contributed by atoms with Gasteiger partial charge in [-0.3, -0.25) is 24.4 Å². The minimum absolute atomic E-state index is 0.167. The number of likely N-dealkylation sites (tertiary alicyclic amines) is 1. The van der Waals surface area contributed by atoms with Crippen molar-refractivity contribution in [3.63, 3.8) is 0 Å². The van der Waals surface area contributed by atoms with Crippen LogP contribution in [0.3, 0.4) is 0 Å². The number of amides is 4. The van der Waals surface area contributed by atoms with Crippen molar-refractivity contribution in [1.29, 1.82) is 0 Å². The van der Waals surface area contributed by atoms with E-state index in [4.69, 9.17) is 4.74 Å². The molecule has 1 aromatic heterocycles. The normalized spacial score (nSPS) is 23.1. The number of nitrogens with one attached hydrogen (secondary N) is 1. The van der Waals surface area contributed by atoms with Crippen LogP contribution in [0.5, 0.6) is 0 Å². The fourth-order valence-corrected chi connectivity index (χ4v) is 6.46. The Kier molecular flexibility index (Phi) is 6.04. The van der Waals surface area contributed by atoms with Gasteiger partial charge in [-0.1, -0.05) is 6.07 Å². The third kappa shape index (κ3) is 4.81. The summed E-state index contributed by atoms with van der Waals surface area (Å²) < 4.78 is 7.57. The Morgan fingerprint density at radius 1 is 1.08 bits per heavy atom. The molecule has 10 heteroatoms. The van der Waals surface area contributed by atoms with Gasteiger partial charge in [-0.2, -0.15) is 5.10 Å². The third-order valence-corrected chi connectivity index (χ3v) is 8.55. The van der Waals surface area contributed by atoms with Crippen LogP contribution >= 0.6 is 0 Å². The van der Waals surface area contributed by atoms with Crippen molar-refractivity contribution in [3.05, 3.63) is 41.7 Å². The van der Waals surface area contributed by atoms with Crippen LogP contribution in [0, 0.1) is 5.41 Å². The predicted molar refractivity (Wildman–Crippen MR) is 141 cm³/mol. The Labute approximate surface area is 227 Å². The number of hydrogen-bond donors (Lipinski definition) is 1. The molecule has 206 valence electrons. The molecule has 2 aromatic rings. The van der Waals surface area contributed by atoms with Crippen molar-refractivity contribution in [1.82, 2.24) is 24.9 Å². The van der Waals surface area contributed by atoms with E-state index in [1.165, 1.54) is 0 Å². The minimum atomic E-state index is -0.615. The molecule has 1 unspecified atom stereocenters. The Morgan fingerprint density at radius 2 is 1.82 bits per heavy atom. The van der Waals surface area contributed by atoms with E-state index in [0.717, 1.165) is 55.5 Å². The molecule has 1 spiro atoms. The van der Waals surface area contributed by atoms with Crippen molar-refractivity contribution in [2.75, 3.05) is 13.1 Å². The predicted octanol–water partition coefficient (Wildman–Crippen LogP) is 3.66. The van der Waals surface area contributed by atoms with E-state index in [9.17, 15) is 19.2 Å². The van der Waals surface area contributed by atoms with Crippen LogP contribution in [0.15, 0.2) is 30.6 Å². The average Bonchev–Trinajstić information content (AvgIpc) is 3.47. The van der Waals surface area contributed by atoms with Crippen molar-refractivity contribution in [3.8, 4) is 11.1 Å². The van der Waals surface area contributed by atoms with E-state index in [-0.39, 0.29) is 29.7 Å². The first-order valence-corrected chi connectivity index (χ1v) is 13.8. The molecule has 1 atom stereocenters.